The predicted octanol–water partition coefficient (Wildman–Crippen LogP) is 0.387. The Balaban J connectivity index is 3.46. The fourth-order valence-corrected chi connectivity index (χ4v) is 1.55. The Morgan fingerprint density at radius 3 is 2.41 bits per heavy atom. The molecule has 1 radical (unpaired) electrons. The van der Waals surface area contributed by atoms with Crippen molar-refractivity contribution in [2.75, 3.05) is 14.2 Å². The van der Waals surface area contributed by atoms with Crippen LogP contribution in [0.25, 0.3) is 6.08 Å². The van der Waals surface area contributed by atoms with E-state index in [-0.39, 0.29) is 13.5 Å². The van der Waals surface area contributed by atoms with Crippen molar-refractivity contribution in [2.45, 2.75) is 13.5 Å². The highest BCUT2D eigenvalue weighted by Crippen LogP contribution is 1.99. The van der Waals surface area contributed by atoms with Gasteiger partial charge in [-0.05, 0) is 22.0 Å². The summed E-state index contributed by atoms with van der Waals surface area (Å²) in [6.45, 7) is -0.0489. The van der Waals surface area contributed by atoms with E-state index in [0.717, 1.165) is 4.57 Å². The molecule has 7 heteroatoms. The topological polar surface area (TPSA) is 62.5 Å². The summed E-state index contributed by atoms with van der Waals surface area (Å²) in [6.07, 6.45) is 1.47. The van der Waals surface area contributed by atoms with Crippen LogP contribution in [-0.4, -0.2) is 23.4 Å². The second-order valence-electron chi connectivity index (χ2n) is 3.14. The maximum absolute atomic E-state index is 12.0. The lowest BCUT2D eigenvalue weighted by molar-refractivity contribution is 0.105. The van der Waals surface area contributed by atoms with Gasteiger partial charge in [0.25, 0.3) is 5.56 Å². The molecule has 0 fully saturated rings. The van der Waals surface area contributed by atoms with Crippen molar-refractivity contribution in [3.63, 3.8) is 0 Å². The number of ether oxygens (including phenoxy) is 2. The Hall–Kier alpha value is -1.18. The molecule has 0 amide bonds. The van der Waals surface area contributed by atoms with Crippen molar-refractivity contribution in [1.29, 1.82) is 0 Å². The van der Waals surface area contributed by atoms with E-state index < -0.39 is 11.2 Å². The lowest BCUT2D eigenvalue weighted by Crippen LogP contribution is -2.41. The maximum atomic E-state index is 12.0. The highest BCUT2D eigenvalue weighted by molar-refractivity contribution is 9.10. The minimum atomic E-state index is -0.491. The first-order chi connectivity index (χ1) is 8.15. The summed E-state index contributed by atoms with van der Waals surface area (Å²) in [6, 6.07) is 1.31. The first-order valence-corrected chi connectivity index (χ1v) is 5.47. The molecule has 1 rings (SSSR count). The monoisotopic (exact) mass is 303 g/mol. The number of rotatable bonds is 5. The molecule has 0 aliphatic rings. The maximum Gasteiger partial charge on any atom is 0.335 e. The zero-order chi connectivity index (χ0) is 12.8. The molecule has 0 N–H and O–H groups in total. The molecule has 93 valence electrons. The zero-order valence-electron chi connectivity index (χ0n) is 9.47. The van der Waals surface area contributed by atoms with E-state index in [9.17, 15) is 9.59 Å². The molecule has 1 aromatic heterocycles. The van der Waals surface area contributed by atoms with E-state index in [0.29, 0.717) is 5.69 Å². The van der Waals surface area contributed by atoms with Crippen molar-refractivity contribution < 1.29 is 9.47 Å². The molecule has 17 heavy (non-hydrogen) atoms. The summed E-state index contributed by atoms with van der Waals surface area (Å²) in [5, 5.41) is 0. The summed E-state index contributed by atoms with van der Waals surface area (Å²) >= 11 is 2.97. The van der Waals surface area contributed by atoms with Crippen molar-refractivity contribution in [3.05, 3.63) is 37.6 Å². The number of nitrogens with zero attached hydrogens (tertiary/aromatic N) is 2. The van der Waals surface area contributed by atoms with Gasteiger partial charge in [0.05, 0.1) is 5.69 Å². The van der Waals surface area contributed by atoms with Gasteiger partial charge in [-0.3, -0.25) is 9.36 Å². The second kappa shape index (κ2) is 6.53. The van der Waals surface area contributed by atoms with Crippen LogP contribution in [0.3, 0.4) is 0 Å². The van der Waals surface area contributed by atoms with Crippen LogP contribution in [0.2, 0.25) is 0 Å². The predicted molar refractivity (Wildman–Crippen MR) is 65.6 cm³/mol. The van der Waals surface area contributed by atoms with Crippen LogP contribution < -0.4 is 11.2 Å². The van der Waals surface area contributed by atoms with Crippen LogP contribution in [0.5, 0.6) is 0 Å². The summed E-state index contributed by atoms with van der Waals surface area (Å²) in [5.41, 5.74) is -0.514. The normalized spacial score (nSPS) is 11.2. The van der Waals surface area contributed by atoms with Crippen molar-refractivity contribution in [1.82, 2.24) is 9.13 Å². The molecular weight excluding hydrogens is 292 g/mol. The van der Waals surface area contributed by atoms with Crippen LogP contribution in [0.15, 0.2) is 15.7 Å². The molecule has 1 aromatic rings. The molecule has 0 aliphatic heterocycles. The fraction of sp³-hybridized carbons (Fsp3) is 0.400. The Morgan fingerprint density at radius 2 is 1.88 bits per heavy atom. The molecule has 0 spiro atoms. The minimum absolute atomic E-state index is 0.0450. The number of methoxy groups -OCH3 is 2. The quantitative estimate of drug-likeness (QED) is 0.789. The summed E-state index contributed by atoms with van der Waals surface area (Å²) in [5.74, 6) is 0. The van der Waals surface area contributed by atoms with E-state index in [4.69, 9.17) is 9.47 Å². The third-order valence-corrected chi connectivity index (χ3v) is 2.26. The molecule has 0 saturated carbocycles. The van der Waals surface area contributed by atoms with Gasteiger partial charge in [0.1, 0.15) is 13.5 Å². The van der Waals surface area contributed by atoms with Gasteiger partial charge in [0, 0.05) is 25.3 Å². The smallest absolute Gasteiger partial charge is 0.335 e. The van der Waals surface area contributed by atoms with Gasteiger partial charge in [-0.1, -0.05) is 0 Å². The average molecular weight is 304 g/mol. The molecule has 6 nitrogen and oxygen atoms in total. The standard InChI is InChI=1S/C10H12BrN2O4/c1-16-6-12-8(3-4-11)5-9(14)13(7-17-2)10(12)15/h3,5H,6-7H2,1-2H3. The number of hydrogen-bond acceptors (Lipinski definition) is 4. The van der Waals surface area contributed by atoms with E-state index in [1.165, 1.54) is 30.9 Å². The van der Waals surface area contributed by atoms with E-state index >= 15 is 0 Å². The molecule has 0 saturated heterocycles. The molecule has 0 unspecified atom stereocenters. The van der Waals surface area contributed by atoms with Crippen LogP contribution in [0.1, 0.15) is 5.69 Å². The first-order valence-electron chi connectivity index (χ1n) is 4.67. The fourth-order valence-electron chi connectivity index (χ4n) is 1.32. The summed E-state index contributed by atoms with van der Waals surface area (Å²) in [4.78, 5) is 26.2. The lowest BCUT2D eigenvalue weighted by atomic mass is 10.4. The zero-order valence-corrected chi connectivity index (χ0v) is 11.1. The highest BCUT2D eigenvalue weighted by atomic mass is 79.9. The largest absolute Gasteiger partial charge is 0.364 e. The average Bonchev–Trinajstić information content (AvgIpc) is 2.30. The van der Waals surface area contributed by atoms with Gasteiger partial charge >= 0.3 is 5.69 Å². The van der Waals surface area contributed by atoms with Crippen LogP contribution in [0.4, 0.5) is 0 Å². The highest BCUT2D eigenvalue weighted by Gasteiger charge is 2.09. The first kappa shape index (κ1) is 13.9. The van der Waals surface area contributed by atoms with Gasteiger partial charge in [-0.2, -0.15) is 0 Å². The number of hydrogen-bond donors (Lipinski definition) is 0. The van der Waals surface area contributed by atoms with Gasteiger partial charge in [-0.15, -0.1) is 0 Å². The Bertz CT molecular complexity index is 518. The van der Waals surface area contributed by atoms with Gasteiger partial charge < -0.3 is 9.47 Å². The van der Waals surface area contributed by atoms with Gasteiger partial charge in [-0.25, -0.2) is 9.36 Å². The van der Waals surface area contributed by atoms with Gasteiger partial charge in [0.2, 0.25) is 0 Å². The molecule has 0 aliphatic carbocycles. The van der Waals surface area contributed by atoms with E-state index in [1.807, 2.05) is 0 Å². The Kier molecular flexibility index (Phi) is 5.33. The van der Waals surface area contributed by atoms with E-state index in [2.05, 4.69) is 20.9 Å². The Labute approximate surface area is 106 Å². The third-order valence-electron chi connectivity index (χ3n) is 2.03. The minimum Gasteiger partial charge on any atom is -0.364 e. The molecule has 0 aromatic carbocycles. The SMILES string of the molecule is COCn1c(C=[C]Br)cc(=O)n(COC)c1=O. The molecule has 0 bridgehead atoms. The van der Waals surface area contributed by atoms with Crippen LogP contribution >= 0.6 is 15.9 Å². The second-order valence-corrected chi connectivity index (χ2v) is 3.59. The lowest BCUT2D eigenvalue weighted by Gasteiger charge is -2.11. The summed E-state index contributed by atoms with van der Waals surface area (Å²) < 4.78 is 12.0. The molecule has 1 heterocycles. The molecule has 0 atom stereocenters. The van der Waals surface area contributed by atoms with Crippen molar-refractivity contribution in [3.8, 4) is 0 Å². The number of halogens is 1. The van der Waals surface area contributed by atoms with Crippen LogP contribution in [0, 0.1) is 4.99 Å². The third kappa shape index (κ3) is 3.15. The van der Waals surface area contributed by atoms with Crippen LogP contribution in [-0.2, 0) is 22.9 Å². The number of aromatic nitrogens is 2. The Morgan fingerprint density at radius 1 is 1.29 bits per heavy atom. The molecular formula is C10H12BrN2O4. The van der Waals surface area contributed by atoms with Crippen molar-refractivity contribution >= 4 is 22.0 Å². The van der Waals surface area contributed by atoms with Crippen molar-refractivity contribution in [2.24, 2.45) is 0 Å². The van der Waals surface area contributed by atoms with E-state index in [1.54, 1.807) is 0 Å². The summed E-state index contributed by atoms with van der Waals surface area (Å²) in [7, 11) is 2.87. The van der Waals surface area contributed by atoms with Gasteiger partial charge in [0.15, 0.2) is 0 Å².